The Labute approximate surface area is 149 Å². The first-order valence-electron chi connectivity index (χ1n) is 7.85. The molecule has 0 spiro atoms. The molecule has 3 heterocycles. The number of anilines is 1. The monoisotopic (exact) mass is 358 g/mol. The van der Waals surface area contributed by atoms with E-state index in [-0.39, 0.29) is 18.4 Å². The second-order valence-electron chi connectivity index (χ2n) is 5.81. The Morgan fingerprint density at radius 2 is 2.32 bits per heavy atom. The fourth-order valence-corrected chi connectivity index (χ4v) is 3.77. The maximum absolute atomic E-state index is 12.5. The number of carbonyl (C=O) groups excluding carboxylic acids is 2. The molecule has 0 aliphatic carbocycles. The minimum absolute atomic E-state index is 0.0418. The number of nitrogens with one attached hydrogen (secondary N) is 2. The Bertz CT molecular complexity index is 863. The highest BCUT2D eigenvalue weighted by molar-refractivity contribution is 7.10. The molecule has 1 aliphatic rings. The number of amides is 2. The van der Waals surface area contributed by atoms with E-state index in [2.05, 4.69) is 22.0 Å². The highest BCUT2D eigenvalue weighted by Crippen LogP contribution is 2.23. The Morgan fingerprint density at radius 1 is 1.52 bits per heavy atom. The van der Waals surface area contributed by atoms with Gasteiger partial charge >= 0.3 is 0 Å². The third-order valence-electron chi connectivity index (χ3n) is 4.08. The molecule has 1 aliphatic heterocycles. The van der Waals surface area contributed by atoms with Crippen molar-refractivity contribution in [1.29, 1.82) is 5.26 Å². The Kier molecular flexibility index (Phi) is 4.72. The molecule has 2 N–H and O–H groups in total. The van der Waals surface area contributed by atoms with Crippen molar-refractivity contribution in [3.63, 3.8) is 0 Å². The average Bonchev–Trinajstić information content (AvgIpc) is 3.11. The standard InChI is InChI=1S/C16H18N6O2S/c1-10-12(8-17)15(21(2)20-10)19-18-14(23)9-22-6-3-4-13-11(16(22)24)5-7-25-13/h5,7,19H,3-4,6,9H2,1-2H3,(H,18,23). The molecule has 0 radical (unpaired) electrons. The Morgan fingerprint density at radius 3 is 3.08 bits per heavy atom. The van der Waals surface area contributed by atoms with Crippen LogP contribution in [0.25, 0.3) is 0 Å². The number of rotatable bonds is 4. The van der Waals surface area contributed by atoms with E-state index >= 15 is 0 Å². The van der Waals surface area contributed by atoms with Crippen molar-refractivity contribution in [2.45, 2.75) is 19.8 Å². The maximum Gasteiger partial charge on any atom is 0.257 e. The zero-order valence-corrected chi connectivity index (χ0v) is 14.8. The van der Waals surface area contributed by atoms with Gasteiger partial charge in [-0.15, -0.1) is 11.3 Å². The molecule has 3 rings (SSSR count). The Hall–Kier alpha value is -2.86. The SMILES string of the molecule is Cc1nn(C)c(NNC(=O)CN2CCCc3sccc3C2=O)c1C#N. The van der Waals surface area contributed by atoms with Crippen molar-refractivity contribution in [3.05, 3.63) is 33.1 Å². The highest BCUT2D eigenvalue weighted by atomic mass is 32.1. The summed E-state index contributed by atoms with van der Waals surface area (Å²) in [6, 6.07) is 3.87. The summed E-state index contributed by atoms with van der Waals surface area (Å²) < 4.78 is 1.49. The molecular weight excluding hydrogens is 340 g/mol. The minimum Gasteiger partial charge on any atom is -0.329 e. The van der Waals surface area contributed by atoms with Crippen LogP contribution in [0, 0.1) is 18.3 Å². The molecule has 8 nitrogen and oxygen atoms in total. The van der Waals surface area contributed by atoms with Crippen LogP contribution < -0.4 is 10.9 Å². The van der Waals surface area contributed by atoms with E-state index < -0.39 is 0 Å². The first-order chi connectivity index (χ1) is 12.0. The van der Waals surface area contributed by atoms with Gasteiger partial charge in [-0.2, -0.15) is 10.4 Å². The van der Waals surface area contributed by atoms with Gasteiger partial charge in [-0.1, -0.05) is 0 Å². The van der Waals surface area contributed by atoms with Crippen LogP contribution >= 0.6 is 11.3 Å². The summed E-state index contributed by atoms with van der Waals surface area (Å²) in [5.74, 6) is -0.0524. The number of nitrogens with zero attached hydrogens (tertiary/aromatic N) is 4. The first kappa shape index (κ1) is 17.0. The smallest absolute Gasteiger partial charge is 0.257 e. The van der Waals surface area contributed by atoms with Gasteiger partial charge < -0.3 is 4.90 Å². The van der Waals surface area contributed by atoms with E-state index in [9.17, 15) is 9.59 Å². The molecule has 0 unspecified atom stereocenters. The molecule has 25 heavy (non-hydrogen) atoms. The van der Waals surface area contributed by atoms with Gasteiger partial charge in [0.1, 0.15) is 18.2 Å². The summed E-state index contributed by atoms with van der Waals surface area (Å²) in [5, 5.41) is 15.2. The predicted molar refractivity (Wildman–Crippen MR) is 93.0 cm³/mol. The summed E-state index contributed by atoms with van der Waals surface area (Å²) in [7, 11) is 1.68. The molecule has 0 saturated carbocycles. The number of aromatic nitrogens is 2. The van der Waals surface area contributed by atoms with Gasteiger partial charge in [-0.3, -0.25) is 25.1 Å². The normalized spacial score (nSPS) is 13.8. The third kappa shape index (κ3) is 3.34. The zero-order chi connectivity index (χ0) is 18.0. The third-order valence-corrected chi connectivity index (χ3v) is 5.06. The summed E-state index contributed by atoms with van der Waals surface area (Å²) in [6.07, 6.45) is 1.69. The second kappa shape index (κ2) is 6.94. The fourth-order valence-electron chi connectivity index (χ4n) is 2.86. The lowest BCUT2D eigenvalue weighted by molar-refractivity contribution is -0.121. The van der Waals surface area contributed by atoms with E-state index in [0.717, 1.165) is 17.7 Å². The van der Waals surface area contributed by atoms with Crippen LogP contribution in [0.1, 0.15) is 32.9 Å². The highest BCUT2D eigenvalue weighted by Gasteiger charge is 2.25. The van der Waals surface area contributed by atoms with Crippen LogP contribution in [-0.4, -0.2) is 39.6 Å². The van der Waals surface area contributed by atoms with Crippen LogP contribution in [0.3, 0.4) is 0 Å². The summed E-state index contributed by atoms with van der Waals surface area (Å²) in [4.78, 5) is 27.4. The molecule has 9 heteroatoms. The van der Waals surface area contributed by atoms with Crippen molar-refractivity contribution in [2.75, 3.05) is 18.5 Å². The molecule has 0 bridgehead atoms. The fraction of sp³-hybridized carbons (Fsp3) is 0.375. The molecule has 130 valence electrons. The van der Waals surface area contributed by atoms with Crippen LogP contribution in [0.4, 0.5) is 5.82 Å². The van der Waals surface area contributed by atoms with E-state index in [1.54, 1.807) is 30.2 Å². The van der Waals surface area contributed by atoms with E-state index in [0.29, 0.717) is 29.2 Å². The molecule has 0 atom stereocenters. The maximum atomic E-state index is 12.5. The van der Waals surface area contributed by atoms with Crippen LogP contribution in [0.5, 0.6) is 0 Å². The molecule has 2 aromatic rings. The largest absolute Gasteiger partial charge is 0.329 e. The van der Waals surface area contributed by atoms with E-state index in [4.69, 9.17) is 5.26 Å². The topological polar surface area (TPSA) is 103 Å². The van der Waals surface area contributed by atoms with E-state index in [1.165, 1.54) is 4.68 Å². The van der Waals surface area contributed by atoms with Crippen LogP contribution in [0.15, 0.2) is 11.4 Å². The number of nitriles is 1. The molecule has 0 saturated heterocycles. The first-order valence-corrected chi connectivity index (χ1v) is 8.73. The molecular formula is C16H18N6O2S. The van der Waals surface area contributed by atoms with Gasteiger partial charge in [0.25, 0.3) is 11.8 Å². The minimum atomic E-state index is -0.352. The lowest BCUT2D eigenvalue weighted by Gasteiger charge is -2.20. The van der Waals surface area contributed by atoms with Crippen molar-refractivity contribution >= 4 is 29.0 Å². The van der Waals surface area contributed by atoms with Crippen molar-refractivity contribution in [3.8, 4) is 6.07 Å². The van der Waals surface area contributed by atoms with Crippen molar-refractivity contribution in [2.24, 2.45) is 7.05 Å². The lowest BCUT2D eigenvalue weighted by Crippen LogP contribution is -2.42. The molecule has 2 amide bonds. The number of hydrazine groups is 1. The second-order valence-corrected chi connectivity index (χ2v) is 6.81. The van der Waals surface area contributed by atoms with Crippen LogP contribution in [-0.2, 0) is 18.3 Å². The van der Waals surface area contributed by atoms with Gasteiger partial charge in [-0.25, -0.2) is 0 Å². The average molecular weight is 358 g/mol. The van der Waals surface area contributed by atoms with Gasteiger partial charge in [0.05, 0.1) is 11.3 Å². The quantitative estimate of drug-likeness (QED) is 0.799. The van der Waals surface area contributed by atoms with Gasteiger partial charge in [0.15, 0.2) is 5.82 Å². The van der Waals surface area contributed by atoms with Gasteiger partial charge in [0.2, 0.25) is 0 Å². The summed E-state index contributed by atoms with van der Waals surface area (Å²) in [5.41, 5.74) is 6.91. The zero-order valence-electron chi connectivity index (χ0n) is 14.0. The number of thiophene rings is 1. The van der Waals surface area contributed by atoms with Crippen molar-refractivity contribution in [1.82, 2.24) is 20.1 Å². The Balaban J connectivity index is 1.64. The number of aryl methyl sites for hydroxylation is 3. The van der Waals surface area contributed by atoms with E-state index in [1.807, 2.05) is 11.4 Å². The van der Waals surface area contributed by atoms with Gasteiger partial charge in [0, 0.05) is 18.5 Å². The number of carbonyl (C=O) groups is 2. The van der Waals surface area contributed by atoms with Gasteiger partial charge in [-0.05, 0) is 31.2 Å². The molecule has 2 aromatic heterocycles. The molecule has 0 aromatic carbocycles. The summed E-state index contributed by atoms with van der Waals surface area (Å²) in [6.45, 7) is 2.22. The van der Waals surface area contributed by atoms with Crippen LogP contribution in [0.2, 0.25) is 0 Å². The number of hydrogen-bond donors (Lipinski definition) is 2. The number of fused-ring (bicyclic) bond motifs is 1. The summed E-state index contributed by atoms with van der Waals surface area (Å²) >= 11 is 1.58. The predicted octanol–water partition coefficient (Wildman–Crippen LogP) is 1.19. The lowest BCUT2D eigenvalue weighted by atomic mass is 10.2. The number of hydrogen-bond acceptors (Lipinski definition) is 6. The van der Waals surface area contributed by atoms with Crippen molar-refractivity contribution < 1.29 is 9.59 Å². The molecule has 0 fully saturated rings.